The zero-order valence-electron chi connectivity index (χ0n) is 11.5. The maximum absolute atomic E-state index is 12.5. The molecule has 20 heavy (non-hydrogen) atoms. The van der Waals surface area contributed by atoms with Crippen LogP contribution in [0, 0.1) is 12.8 Å². The van der Waals surface area contributed by atoms with Crippen LogP contribution in [0.2, 0.25) is 0 Å². The fourth-order valence-corrected chi connectivity index (χ4v) is 2.24. The highest BCUT2D eigenvalue weighted by Crippen LogP contribution is 2.16. The van der Waals surface area contributed by atoms with Crippen LogP contribution in [0.25, 0.3) is 0 Å². The van der Waals surface area contributed by atoms with Crippen molar-refractivity contribution in [2.45, 2.75) is 19.8 Å². The first-order chi connectivity index (χ1) is 9.69. The van der Waals surface area contributed by atoms with Gasteiger partial charge in [-0.2, -0.15) is 5.54 Å². The van der Waals surface area contributed by atoms with Gasteiger partial charge >= 0.3 is 0 Å². The predicted octanol–water partition coefficient (Wildman–Crippen LogP) is 3.40. The van der Waals surface area contributed by atoms with Crippen molar-refractivity contribution in [3.05, 3.63) is 71.3 Å². The lowest BCUT2D eigenvalue weighted by atomic mass is 9.92. The summed E-state index contributed by atoms with van der Waals surface area (Å²) in [4.78, 5) is 11.7. The average Bonchev–Trinajstić information content (AvgIpc) is 2.49. The fourth-order valence-electron chi connectivity index (χ4n) is 2.24. The van der Waals surface area contributed by atoms with Gasteiger partial charge in [-0.05, 0) is 30.9 Å². The van der Waals surface area contributed by atoms with E-state index in [9.17, 15) is 9.28 Å². The Labute approximate surface area is 118 Å². The standard InChI is InChI=1S/C17H18FNO/c1-13-7-9-15(10-8-13)12-16(17(20)19-18)11-14-5-3-2-4-6-14/h2-10,16H,11-12H2,1H3,(H,19,20)/t16-/m1/s1. The molecule has 2 aromatic rings. The number of hydrogen-bond donors (Lipinski definition) is 1. The van der Waals surface area contributed by atoms with Crippen LogP contribution in [-0.2, 0) is 17.6 Å². The van der Waals surface area contributed by atoms with Crippen LogP contribution in [0.4, 0.5) is 4.48 Å². The molecule has 0 heterocycles. The van der Waals surface area contributed by atoms with Gasteiger partial charge in [0.15, 0.2) is 0 Å². The summed E-state index contributed by atoms with van der Waals surface area (Å²) >= 11 is 0. The molecule has 2 nitrogen and oxygen atoms in total. The Kier molecular flexibility index (Phi) is 4.88. The summed E-state index contributed by atoms with van der Waals surface area (Å²) < 4.78 is 12.5. The van der Waals surface area contributed by atoms with Gasteiger partial charge in [-0.3, -0.25) is 4.79 Å². The van der Waals surface area contributed by atoms with Gasteiger partial charge in [-0.15, -0.1) is 4.48 Å². The van der Waals surface area contributed by atoms with Crippen LogP contribution < -0.4 is 5.54 Å². The highest BCUT2D eigenvalue weighted by atomic mass is 19.2. The molecule has 3 heteroatoms. The number of amides is 1. The molecule has 0 saturated carbocycles. The Morgan fingerprint density at radius 2 is 1.55 bits per heavy atom. The molecule has 104 valence electrons. The molecule has 0 aliphatic heterocycles. The third-order valence-corrected chi connectivity index (χ3v) is 3.39. The molecule has 0 fully saturated rings. The second kappa shape index (κ2) is 6.85. The van der Waals surface area contributed by atoms with Gasteiger partial charge in [-0.25, -0.2) is 0 Å². The molecule has 0 aliphatic rings. The molecule has 1 amide bonds. The normalized spacial score (nSPS) is 11.9. The third kappa shape index (κ3) is 3.92. The van der Waals surface area contributed by atoms with Gasteiger partial charge in [0.25, 0.3) is 5.91 Å². The summed E-state index contributed by atoms with van der Waals surface area (Å²) in [5.41, 5.74) is 4.52. The van der Waals surface area contributed by atoms with E-state index in [-0.39, 0.29) is 0 Å². The Bertz CT molecular complexity index is 551. The molecule has 2 rings (SSSR count). The maximum Gasteiger partial charge on any atom is 0.251 e. The number of hydrogen-bond acceptors (Lipinski definition) is 1. The summed E-state index contributed by atoms with van der Waals surface area (Å²) in [6.45, 7) is 2.01. The van der Waals surface area contributed by atoms with Crippen molar-refractivity contribution in [3.8, 4) is 0 Å². The zero-order chi connectivity index (χ0) is 14.4. The molecule has 0 aromatic heterocycles. The van der Waals surface area contributed by atoms with E-state index in [4.69, 9.17) is 0 Å². The van der Waals surface area contributed by atoms with E-state index in [0.717, 1.165) is 11.1 Å². The summed E-state index contributed by atoms with van der Waals surface area (Å²) in [6.07, 6.45) is 1.06. The van der Waals surface area contributed by atoms with Gasteiger partial charge in [0.05, 0.1) is 0 Å². The number of benzene rings is 2. The van der Waals surface area contributed by atoms with E-state index in [1.54, 1.807) is 0 Å². The largest absolute Gasteiger partial charge is 0.272 e. The van der Waals surface area contributed by atoms with Gasteiger partial charge in [-0.1, -0.05) is 60.2 Å². The second-order valence-corrected chi connectivity index (χ2v) is 5.04. The Balaban J connectivity index is 2.11. The van der Waals surface area contributed by atoms with Crippen LogP contribution in [-0.4, -0.2) is 5.91 Å². The first-order valence-corrected chi connectivity index (χ1v) is 6.69. The highest BCUT2D eigenvalue weighted by molar-refractivity contribution is 5.78. The van der Waals surface area contributed by atoms with Crippen molar-refractivity contribution in [2.24, 2.45) is 5.92 Å². The smallest absolute Gasteiger partial charge is 0.251 e. The summed E-state index contributed by atoms with van der Waals surface area (Å²) in [6, 6.07) is 17.6. The Morgan fingerprint density at radius 1 is 1.00 bits per heavy atom. The number of rotatable bonds is 5. The topological polar surface area (TPSA) is 29.1 Å². The van der Waals surface area contributed by atoms with Crippen molar-refractivity contribution < 1.29 is 9.28 Å². The van der Waals surface area contributed by atoms with E-state index in [1.807, 2.05) is 61.5 Å². The zero-order valence-corrected chi connectivity index (χ0v) is 11.5. The fraction of sp³-hybridized carbons (Fsp3) is 0.235. The second-order valence-electron chi connectivity index (χ2n) is 5.04. The minimum absolute atomic E-state index is 0.398. The number of carbonyl (C=O) groups is 1. The molecular formula is C17H18FNO. The first-order valence-electron chi connectivity index (χ1n) is 6.69. The molecule has 0 saturated heterocycles. The van der Waals surface area contributed by atoms with Crippen LogP contribution in [0.3, 0.4) is 0 Å². The van der Waals surface area contributed by atoms with Gasteiger partial charge in [0, 0.05) is 5.92 Å². The maximum atomic E-state index is 12.5. The number of carbonyl (C=O) groups excluding carboxylic acids is 1. The molecule has 0 unspecified atom stereocenters. The van der Waals surface area contributed by atoms with E-state index in [2.05, 4.69) is 0 Å². The van der Waals surface area contributed by atoms with Crippen molar-refractivity contribution >= 4 is 5.91 Å². The van der Waals surface area contributed by atoms with Crippen LogP contribution >= 0.6 is 0 Å². The molecule has 0 spiro atoms. The molecular weight excluding hydrogens is 253 g/mol. The lowest BCUT2D eigenvalue weighted by Gasteiger charge is -2.14. The van der Waals surface area contributed by atoms with Crippen LogP contribution in [0.1, 0.15) is 16.7 Å². The molecule has 0 aliphatic carbocycles. The molecule has 1 N–H and O–H groups in total. The van der Waals surface area contributed by atoms with Gasteiger partial charge < -0.3 is 0 Å². The minimum Gasteiger partial charge on any atom is -0.272 e. The molecule has 1 atom stereocenters. The number of nitrogens with one attached hydrogen (secondary N) is 1. The van der Waals surface area contributed by atoms with E-state index in [1.165, 1.54) is 11.1 Å². The average molecular weight is 271 g/mol. The van der Waals surface area contributed by atoms with Crippen LogP contribution in [0.5, 0.6) is 0 Å². The van der Waals surface area contributed by atoms with Gasteiger partial charge in [0.1, 0.15) is 0 Å². The highest BCUT2D eigenvalue weighted by Gasteiger charge is 2.19. The van der Waals surface area contributed by atoms with Crippen molar-refractivity contribution in [2.75, 3.05) is 0 Å². The van der Waals surface area contributed by atoms with E-state index < -0.39 is 11.8 Å². The van der Waals surface area contributed by atoms with Crippen molar-refractivity contribution in [1.82, 2.24) is 5.54 Å². The lowest BCUT2D eigenvalue weighted by Crippen LogP contribution is -2.28. The van der Waals surface area contributed by atoms with E-state index in [0.29, 0.717) is 12.8 Å². The number of aryl methyl sites for hydroxylation is 1. The predicted molar refractivity (Wildman–Crippen MR) is 77.8 cm³/mol. The quantitative estimate of drug-likeness (QED) is 0.830. The van der Waals surface area contributed by atoms with E-state index >= 15 is 0 Å². The molecule has 2 aromatic carbocycles. The summed E-state index contributed by atoms with van der Waals surface area (Å²) in [5, 5.41) is 0. The summed E-state index contributed by atoms with van der Waals surface area (Å²) in [5.74, 6) is -0.959. The minimum atomic E-state index is -0.561. The van der Waals surface area contributed by atoms with Crippen LogP contribution in [0.15, 0.2) is 54.6 Å². The monoisotopic (exact) mass is 271 g/mol. The Morgan fingerprint density at radius 3 is 2.10 bits per heavy atom. The van der Waals surface area contributed by atoms with Crippen molar-refractivity contribution in [3.63, 3.8) is 0 Å². The lowest BCUT2D eigenvalue weighted by molar-refractivity contribution is -0.129. The molecule has 0 bridgehead atoms. The SMILES string of the molecule is Cc1ccc(C[C@@H](Cc2ccccc2)C(=O)NF)cc1. The molecule has 0 radical (unpaired) electrons. The first kappa shape index (κ1) is 14.3. The third-order valence-electron chi connectivity index (χ3n) is 3.39. The summed E-state index contributed by atoms with van der Waals surface area (Å²) in [7, 11) is 0. The van der Waals surface area contributed by atoms with Crippen molar-refractivity contribution in [1.29, 1.82) is 0 Å². The van der Waals surface area contributed by atoms with Gasteiger partial charge in [0.2, 0.25) is 0 Å². The Hall–Kier alpha value is -2.16. The number of halogens is 1.